The maximum Gasteiger partial charge on any atom is 0.271 e. The van der Waals surface area contributed by atoms with Crippen molar-refractivity contribution in [3.05, 3.63) is 111 Å². The lowest BCUT2D eigenvalue weighted by atomic mass is 9.90. The van der Waals surface area contributed by atoms with Gasteiger partial charge in [0.2, 0.25) is 17.7 Å². The molecular formula is C54H57N13O8S6. The number of pyridine rings is 1. The maximum atomic E-state index is 14.3. The Kier molecular flexibility index (Phi) is 19.4. The van der Waals surface area contributed by atoms with Crippen LogP contribution < -0.4 is 32.3 Å². The summed E-state index contributed by atoms with van der Waals surface area (Å²) in [4.78, 5) is 117. The second kappa shape index (κ2) is 26.8. The van der Waals surface area contributed by atoms with Gasteiger partial charge in [-0.3, -0.25) is 28.8 Å². The van der Waals surface area contributed by atoms with E-state index in [1.165, 1.54) is 82.2 Å². The third-order valence-electron chi connectivity index (χ3n) is 13.0. The number of hydrogen-bond donors (Lipinski definition) is 7. The Bertz CT molecular complexity index is 3570. The van der Waals surface area contributed by atoms with Crippen LogP contribution in [0.5, 0.6) is 0 Å². The van der Waals surface area contributed by atoms with E-state index in [0.29, 0.717) is 98.9 Å². The average Bonchev–Trinajstić information content (AvgIpc) is 4.36. The number of Topliss-reactive ketones (excluding diaryl/α,β-unsaturated/α-hetero) is 1. The van der Waals surface area contributed by atoms with Crippen LogP contribution in [0.25, 0.3) is 43.4 Å². The number of thiazole rings is 6. The van der Waals surface area contributed by atoms with E-state index in [-0.39, 0.29) is 60.0 Å². The Morgan fingerprint density at radius 2 is 1.47 bits per heavy atom. The number of ether oxygens (including phenoxy) is 1. The number of fused-ring (bicyclic) bond motifs is 14. The first-order valence-corrected chi connectivity index (χ1v) is 30.9. The predicted molar refractivity (Wildman–Crippen MR) is 315 cm³/mol. The number of carbonyl (C=O) groups excluding carboxylic acids is 6. The molecule has 4 atom stereocenters. The van der Waals surface area contributed by atoms with Gasteiger partial charge in [-0.05, 0) is 49.9 Å². The summed E-state index contributed by atoms with van der Waals surface area (Å²) in [7, 11) is 2.98. The molecule has 0 fully saturated rings. The van der Waals surface area contributed by atoms with E-state index in [1.54, 1.807) is 53.4 Å². The number of rotatable bonds is 14. The molecule has 0 radical (unpaired) electrons. The Hall–Kier alpha value is -6.95. The van der Waals surface area contributed by atoms with E-state index < -0.39 is 48.4 Å². The molecule has 21 nitrogen and oxygen atoms in total. The highest BCUT2D eigenvalue weighted by Crippen LogP contribution is 2.41. The van der Waals surface area contributed by atoms with Gasteiger partial charge < -0.3 is 42.2 Å². The van der Waals surface area contributed by atoms with Crippen molar-refractivity contribution >= 4 is 109 Å². The van der Waals surface area contributed by atoms with Gasteiger partial charge in [0.05, 0.1) is 41.2 Å². The topological polar surface area (TPSA) is 308 Å². The smallest absolute Gasteiger partial charge is 0.271 e. The number of methoxy groups -OCH3 is 1. The number of benzene rings is 1. The highest BCUT2D eigenvalue weighted by molar-refractivity contribution is 7.15. The summed E-state index contributed by atoms with van der Waals surface area (Å²) in [5, 5.41) is 35.5. The van der Waals surface area contributed by atoms with Crippen LogP contribution in [0.2, 0.25) is 0 Å². The molecule has 5 amide bonds. The molecule has 0 aliphatic carbocycles. The summed E-state index contributed by atoms with van der Waals surface area (Å²) in [5.74, 6) is -2.87. The number of carbonyl (C=O) groups is 6. The van der Waals surface area contributed by atoms with Gasteiger partial charge in [-0.25, -0.2) is 34.9 Å². The molecule has 8 N–H and O–H groups in total. The molecule has 27 heteroatoms. The molecule has 1 aliphatic rings. The van der Waals surface area contributed by atoms with Gasteiger partial charge in [-0.15, -0.1) is 68.0 Å². The molecule has 7 aromatic heterocycles. The summed E-state index contributed by atoms with van der Waals surface area (Å²) in [6, 6.07) is 10.4. The van der Waals surface area contributed by atoms with Crippen molar-refractivity contribution in [1.29, 1.82) is 0 Å². The number of nitrogens with two attached hydrogens (primary N) is 1. The Labute approximate surface area is 489 Å². The zero-order valence-electron chi connectivity index (χ0n) is 44.6. The second-order valence-corrected chi connectivity index (χ2v) is 24.9. The zero-order chi connectivity index (χ0) is 57.3. The van der Waals surface area contributed by atoms with Crippen LogP contribution in [0.4, 0.5) is 5.82 Å². The molecule has 10 bridgehead atoms. The molecule has 0 spiro atoms. The number of amides is 5. The quantitative estimate of drug-likeness (QED) is 0.0501. The minimum absolute atomic E-state index is 0.0257. The normalized spacial score (nSPS) is 16.6. The van der Waals surface area contributed by atoms with Crippen molar-refractivity contribution in [2.24, 2.45) is 11.7 Å². The highest BCUT2D eigenvalue weighted by Gasteiger charge is 2.33. The fourth-order valence-corrected chi connectivity index (χ4v) is 14.3. The first-order chi connectivity index (χ1) is 39.1. The number of aliphatic hydroxyl groups excluding tert-OH is 1. The minimum atomic E-state index is -1.26. The Balaban J connectivity index is 1.11. The van der Waals surface area contributed by atoms with Crippen molar-refractivity contribution in [3.8, 4) is 43.4 Å². The zero-order valence-corrected chi connectivity index (χ0v) is 49.5. The molecule has 81 heavy (non-hydrogen) atoms. The van der Waals surface area contributed by atoms with Gasteiger partial charge in [0, 0.05) is 64.9 Å². The lowest BCUT2D eigenvalue weighted by Gasteiger charge is -2.23. The van der Waals surface area contributed by atoms with E-state index in [2.05, 4.69) is 26.6 Å². The van der Waals surface area contributed by atoms with Gasteiger partial charge in [-0.2, -0.15) is 0 Å². The lowest BCUT2D eigenvalue weighted by molar-refractivity contribution is -0.122. The average molecular weight is 1210 g/mol. The fraction of sp³-hybridized carbons (Fsp3) is 0.352. The number of aromatic nitrogens is 7. The molecule has 1 aromatic carbocycles. The Morgan fingerprint density at radius 3 is 2.23 bits per heavy atom. The van der Waals surface area contributed by atoms with Crippen LogP contribution in [-0.4, -0.2) is 103 Å². The fourth-order valence-electron chi connectivity index (χ4n) is 8.71. The first-order valence-electron chi connectivity index (χ1n) is 25.8. The van der Waals surface area contributed by atoms with Gasteiger partial charge in [0.1, 0.15) is 77.2 Å². The number of aryl methyl sites for hydroxylation is 1. The van der Waals surface area contributed by atoms with Gasteiger partial charge >= 0.3 is 0 Å². The molecule has 422 valence electrons. The summed E-state index contributed by atoms with van der Waals surface area (Å²) >= 11 is 7.43. The van der Waals surface area contributed by atoms with Crippen molar-refractivity contribution in [3.63, 3.8) is 0 Å². The summed E-state index contributed by atoms with van der Waals surface area (Å²) in [6.07, 6.45) is 1.25. The number of hydrogen-bond acceptors (Lipinski definition) is 22. The van der Waals surface area contributed by atoms with E-state index >= 15 is 0 Å². The van der Waals surface area contributed by atoms with Crippen LogP contribution in [0.3, 0.4) is 0 Å². The molecule has 0 saturated carbocycles. The van der Waals surface area contributed by atoms with Crippen LogP contribution >= 0.6 is 68.0 Å². The SMILES string of the molecule is CNC(=O)C[C@@H]1NC(=O)c2csc(n2)-c2ccc(-c3nc(NC(=O)CCCCCN)cs3)nc2-c2csc(n2)-c2csc(n2)[C@H]([C@@H](O)c2ccccc2)NC(=O)CNC(=O)c2nc(sc2COC)[C@@H](C(C)C)CC(=O)c2nc1sc2C. The summed E-state index contributed by atoms with van der Waals surface area (Å²) < 4.78 is 5.47. The number of unbranched alkanes of at least 4 members (excludes halogenated alkanes) is 2. The molecular weight excluding hydrogens is 1150 g/mol. The van der Waals surface area contributed by atoms with Crippen LogP contribution in [0, 0.1) is 12.8 Å². The Morgan fingerprint density at radius 1 is 0.741 bits per heavy atom. The lowest BCUT2D eigenvalue weighted by Crippen LogP contribution is -2.40. The molecule has 0 unspecified atom stereocenters. The number of aliphatic hydroxyl groups is 1. The van der Waals surface area contributed by atoms with Crippen molar-refractivity contribution < 1.29 is 38.6 Å². The number of nitrogens with zero attached hydrogens (tertiary/aromatic N) is 7. The summed E-state index contributed by atoms with van der Waals surface area (Å²) in [6.45, 7) is 5.77. The van der Waals surface area contributed by atoms with Gasteiger partial charge in [-0.1, -0.05) is 50.6 Å². The number of anilines is 1. The van der Waals surface area contributed by atoms with E-state index in [9.17, 15) is 33.9 Å². The maximum absolute atomic E-state index is 14.3. The van der Waals surface area contributed by atoms with E-state index in [0.717, 1.165) is 12.8 Å². The minimum Gasteiger partial charge on any atom is -0.386 e. The predicted octanol–water partition coefficient (Wildman–Crippen LogP) is 8.66. The number of nitrogens with one attached hydrogen (secondary N) is 5. The van der Waals surface area contributed by atoms with Crippen molar-refractivity contribution in [1.82, 2.24) is 56.2 Å². The van der Waals surface area contributed by atoms with Crippen LogP contribution in [0.1, 0.15) is 138 Å². The highest BCUT2D eigenvalue weighted by atomic mass is 32.1. The molecule has 9 rings (SSSR count). The monoisotopic (exact) mass is 1210 g/mol. The van der Waals surface area contributed by atoms with E-state index in [4.69, 9.17) is 45.4 Å². The molecule has 1 aliphatic heterocycles. The van der Waals surface area contributed by atoms with Crippen molar-refractivity contribution in [2.45, 2.75) is 90.0 Å². The van der Waals surface area contributed by atoms with Crippen molar-refractivity contribution in [2.75, 3.05) is 32.6 Å². The van der Waals surface area contributed by atoms with Crippen LogP contribution in [0.15, 0.2) is 64.0 Å². The standard InChI is InChI=1S/C54H57N13O8S6/c1-26(2)30-18-36(68)42-27(3)80-53(66-42)32(19-40(70)56-4)59-47(73)34-23-76-49(61-34)29-15-16-31(51-64-38(25-79-51)63-39(69)14-10-7-11-17-55)58-43(29)33-22-77-52(60-33)35-24-78-54(62-35)45(46(72)28-12-8-6-9-13-28)65-41(71)20-57-48(74)44-37(21-75-5)81-50(30)67-44/h6,8-9,12-13,15-16,22-26,30,32,45-46,72H,7,10-11,14,17-21,55H2,1-5H3,(H,56,70)(H,57,74)(H,59,73)(H,63,69)(H,65,71)/t30-,32+,45+,46+/m1/s1. The molecule has 8 aromatic rings. The molecule has 8 heterocycles. The first kappa shape index (κ1) is 58.7. The van der Waals surface area contributed by atoms with Gasteiger partial charge in [0.25, 0.3) is 11.8 Å². The van der Waals surface area contributed by atoms with Gasteiger partial charge in [0.15, 0.2) is 5.78 Å². The third-order valence-corrected chi connectivity index (χ3v) is 18.8. The summed E-state index contributed by atoms with van der Waals surface area (Å²) in [5.41, 5.74) is 8.74. The van der Waals surface area contributed by atoms with Crippen LogP contribution in [-0.2, 0) is 25.7 Å². The second-order valence-electron chi connectivity index (χ2n) is 19.1. The largest absolute Gasteiger partial charge is 0.386 e. The third kappa shape index (κ3) is 14.0. The number of ketones is 1. The molecule has 0 saturated heterocycles. The van der Waals surface area contributed by atoms with E-state index in [1.807, 2.05) is 31.4 Å².